The van der Waals surface area contributed by atoms with Crippen LogP contribution in [0.1, 0.15) is 49.4 Å². The van der Waals surface area contributed by atoms with Crippen molar-refractivity contribution in [1.29, 1.82) is 0 Å². The van der Waals surface area contributed by atoms with E-state index in [9.17, 15) is 4.79 Å². The molecule has 1 amide bonds. The van der Waals surface area contributed by atoms with Crippen molar-refractivity contribution in [2.75, 3.05) is 19.6 Å². The lowest BCUT2D eigenvalue weighted by Crippen LogP contribution is -2.52. The molecule has 1 saturated carbocycles. The van der Waals surface area contributed by atoms with E-state index in [1.54, 1.807) is 0 Å². The first-order valence-corrected chi connectivity index (χ1v) is 8.52. The van der Waals surface area contributed by atoms with E-state index in [4.69, 9.17) is 4.74 Å². The molecule has 1 aromatic carbocycles. The Morgan fingerprint density at radius 3 is 2.78 bits per heavy atom. The summed E-state index contributed by atoms with van der Waals surface area (Å²) in [7, 11) is 0. The number of hydrogen-bond donors (Lipinski definition) is 1. The fraction of sp³-hybridized carbons (Fsp3) is 0.611. The maximum absolute atomic E-state index is 12.7. The van der Waals surface area contributed by atoms with Crippen molar-refractivity contribution in [2.45, 2.75) is 51.2 Å². The highest BCUT2D eigenvalue weighted by Crippen LogP contribution is 2.24. The van der Waals surface area contributed by atoms with Gasteiger partial charge in [-0.1, -0.05) is 12.5 Å². The summed E-state index contributed by atoms with van der Waals surface area (Å²) in [5.41, 5.74) is 0.738. The normalized spacial score (nSPS) is 22.3. The van der Waals surface area contributed by atoms with Crippen LogP contribution in [0.5, 0.6) is 5.75 Å². The van der Waals surface area contributed by atoms with Gasteiger partial charge in [-0.2, -0.15) is 0 Å². The molecule has 0 spiro atoms. The molecule has 1 atom stereocenters. The summed E-state index contributed by atoms with van der Waals surface area (Å²) in [4.78, 5) is 14.7. The van der Waals surface area contributed by atoms with Gasteiger partial charge < -0.3 is 15.0 Å². The predicted molar refractivity (Wildman–Crippen MR) is 94.6 cm³/mol. The lowest BCUT2D eigenvalue weighted by molar-refractivity contribution is 0.0654. The molecule has 1 N–H and O–H groups in total. The molecule has 4 nitrogen and oxygen atoms in total. The van der Waals surface area contributed by atoms with Crippen molar-refractivity contribution in [2.24, 2.45) is 0 Å². The number of amides is 1. The van der Waals surface area contributed by atoms with Crippen molar-refractivity contribution in [3.63, 3.8) is 0 Å². The highest BCUT2D eigenvalue weighted by atomic mass is 35.5. The minimum absolute atomic E-state index is 0. The molecule has 1 heterocycles. The van der Waals surface area contributed by atoms with Crippen LogP contribution in [0.3, 0.4) is 0 Å². The van der Waals surface area contributed by atoms with Crippen LogP contribution in [0.25, 0.3) is 0 Å². The Morgan fingerprint density at radius 1 is 1.26 bits per heavy atom. The number of carbonyl (C=O) groups is 1. The van der Waals surface area contributed by atoms with Crippen LogP contribution in [0.15, 0.2) is 24.3 Å². The number of nitrogens with one attached hydrogen (secondary N) is 1. The average molecular weight is 339 g/mol. The lowest BCUT2D eigenvalue weighted by Gasteiger charge is -2.34. The molecule has 1 aromatic rings. The Morgan fingerprint density at radius 2 is 2.04 bits per heavy atom. The van der Waals surface area contributed by atoms with E-state index < -0.39 is 0 Å². The maximum atomic E-state index is 12.7. The average Bonchev–Trinajstić information content (AvgIpc) is 2.56. The van der Waals surface area contributed by atoms with E-state index in [0.717, 1.165) is 43.8 Å². The summed E-state index contributed by atoms with van der Waals surface area (Å²) in [5, 5.41) is 3.32. The first-order valence-electron chi connectivity index (χ1n) is 8.52. The number of benzene rings is 1. The molecule has 128 valence electrons. The van der Waals surface area contributed by atoms with Gasteiger partial charge in [0.05, 0.1) is 6.10 Å². The first kappa shape index (κ1) is 18.1. The quantitative estimate of drug-likeness (QED) is 0.919. The Labute approximate surface area is 145 Å². The molecule has 23 heavy (non-hydrogen) atoms. The van der Waals surface area contributed by atoms with E-state index in [1.807, 2.05) is 29.2 Å². The number of piperazine rings is 1. The molecular formula is C18H27ClN2O2. The van der Waals surface area contributed by atoms with Crippen molar-refractivity contribution in [3.8, 4) is 5.75 Å². The summed E-state index contributed by atoms with van der Waals surface area (Å²) in [6.07, 6.45) is 6.40. The van der Waals surface area contributed by atoms with Crippen LogP contribution < -0.4 is 10.1 Å². The zero-order valence-corrected chi connectivity index (χ0v) is 14.6. The summed E-state index contributed by atoms with van der Waals surface area (Å²) >= 11 is 0. The minimum Gasteiger partial charge on any atom is -0.490 e. The van der Waals surface area contributed by atoms with Gasteiger partial charge in [0.1, 0.15) is 5.75 Å². The third-order valence-corrected chi connectivity index (χ3v) is 4.70. The second-order valence-electron chi connectivity index (χ2n) is 6.46. The Bertz CT molecular complexity index is 517. The highest BCUT2D eigenvalue weighted by molar-refractivity contribution is 5.94. The van der Waals surface area contributed by atoms with Crippen molar-refractivity contribution >= 4 is 18.3 Å². The topological polar surface area (TPSA) is 41.6 Å². The van der Waals surface area contributed by atoms with Gasteiger partial charge in [0, 0.05) is 31.2 Å². The van der Waals surface area contributed by atoms with E-state index in [2.05, 4.69) is 12.2 Å². The number of rotatable bonds is 3. The van der Waals surface area contributed by atoms with Crippen LogP contribution in [-0.2, 0) is 0 Å². The van der Waals surface area contributed by atoms with E-state index >= 15 is 0 Å². The Kier molecular flexibility index (Phi) is 6.72. The fourth-order valence-electron chi connectivity index (χ4n) is 3.39. The molecule has 2 aliphatic rings. The maximum Gasteiger partial charge on any atom is 0.254 e. The molecule has 1 aliphatic carbocycles. The minimum atomic E-state index is 0. The van der Waals surface area contributed by atoms with Crippen LogP contribution in [0.4, 0.5) is 0 Å². The van der Waals surface area contributed by atoms with Crippen LogP contribution in [-0.4, -0.2) is 42.6 Å². The van der Waals surface area contributed by atoms with Crippen molar-refractivity contribution in [1.82, 2.24) is 10.2 Å². The van der Waals surface area contributed by atoms with E-state index in [-0.39, 0.29) is 24.4 Å². The van der Waals surface area contributed by atoms with Gasteiger partial charge in [0.2, 0.25) is 0 Å². The molecule has 1 saturated heterocycles. The molecular weight excluding hydrogens is 312 g/mol. The smallest absolute Gasteiger partial charge is 0.254 e. The molecule has 0 bridgehead atoms. The SMILES string of the molecule is C[C@H]1CNCCN1C(=O)c1cccc(OC2CCCCC2)c1.Cl. The highest BCUT2D eigenvalue weighted by Gasteiger charge is 2.24. The van der Waals surface area contributed by atoms with E-state index in [1.165, 1.54) is 19.3 Å². The van der Waals surface area contributed by atoms with Gasteiger partial charge in [-0.25, -0.2) is 0 Å². The summed E-state index contributed by atoms with van der Waals surface area (Å²) in [6, 6.07) is 7.94. The molecule has 1 aliphatic heterocycles. The van der Waals surface area contributed by atoms with Gasteiger partial charge in [0.25, 0.3) is 5.91 Å². The fourth-order valence-corrected chi connectivity index (χ4v) is 3.39. The summed E-state index contributed by atoms with van der Waals surface area (Å²) in [5.74, 6) is 0.948. The molecule has 2 fully saturated rings. The Hall–Kier alpha value is -1.26. The number of ether oxygens (including phenoxy) is 1. The summed E-state index contributed by atoms with van der Waals surface area (Å²) in [6.45, 7) is 4.60. The third kappa shape index (κ3) is 4.61. The van der Waals surface area contributed by atoms with Gasteiger partial charge >= 0.3 is 0 Å². The van der Waals surface area contributed by atoms with Crippen LogP contribution >= 0.6 is 12.4 Å². The standard InChI is InChI=1S/C18H26N2O2.ClH/c1-14-13-19-10-11-20(14)18(21)15-6-5-9-17(12-15)22-16-7-3-2-4-8-16;/h5-6,9,12,14,16,19H,2-4,7-8,10-11,13H2,1H3;1H/t14-;/m0./s1. The largest absolute Gasteiger partial charge is 0.490 e. The molecule has 5 heteroatoms. The van der Waals surface area contributed by atoms with Crippen LogP contribution in [0, 0.1) is 0 Å². The first-order chi connectivity index (χ1) is 10.7. The van der Waals surface area contributed by atoms with Crippen molar-refractivity contribution < 1.29 is 9.53 Å². The number of halogens is 1. The number of hydrogen-bond acceptors (Lipinski definition) is 3. The van der Waals surface area contributed by atoms with E-state index in [0.29, 0.717) is 6.10 Å². The van der Waals surface area contributed by atoms with Crippen LogP contribution in [0.2, 0.25) is 0 Å². The second-order valence-corrected chi connectivity index (χ2v) is 6.46. The number of carbonyl (C=O) groups excluding carboxylic acids is 1. The Balaban J connectivity index is 0.00000192. The van der Waals surface area contributed by atoms with Gasteiger partial charge in [0.15, 0.2) is 0 Å². The van der Waals surface area contributed by atoms with Crippen molar-refractivity contribution in [3.05, 3.63) is 29.8 Å². The predicted octanol–water partition coefficient (Wildman–Crippen LogP) is 3.25. The van der Waals surface area contributed by atoms with Gasteiger partial charge in [-0.05, 0) is 50.8 Å². The van der Waals surface area contributed by atoms with Gasteiger partial charge in [-0.15, -0.1) is 12.4 Å². The summed E-state index contributed by atoms with van der Waals surface area (Å²) < 4.78 is 6.08. The zero-order valence-electron chi connectivity index (χ0n) is 13.8. The molecule has 0 radical (unpaired) electrons. The third-order valence-electron chi connectivity index (χ3n) is 4.70. The zero-order chi connectivity index (χ0) is 15.4. The van der Waals surface area contributed by atoms with Gasteiger partial charge in [-0.3, -0.25) is 4.79 Å². The molecule has 0 unspecified atom stereocenters. The lowest BCUT2D eigenvalue weighted by atomic mass is 9.98. The molecule has 0 aromatic heterocycles. The second kappa shape index (κ2) is 8.55. The molecule has 3 rings (SSSR count). The number of nitrogens with zero attached hydrogens (tertiary/aromatic N) is 1. The monoisotopic (exact) mass is 338 g/mol.